The molecule has 1 aromatic rings. The van der Waals surface area contributed by atoms with Gasteiger partial charge in [0.05, 0.1) is 6.61 Å². The Morgan fingerprint density at radius 2 is 1.70 bits per heavy atom. The lowest BCUT2D eigenvalue weighted by molar-refractivity contribution is -0.140. The second-order valence-electron chi connectivity index (χ2n) is 10.7. The van der Waals surface area contributed by atoms with Crippen LogP contribution in [0.1, 0.15) is 81.3 Å². The molecule has 1 amide bonds. The summed E-state index contributed by atoms with van der Waals surface area (Å²) in [5.74, 6) is 7.07. The third-order valence-electron chi connectivity index (χ3n) is 8.55. The van der Waals surface area contributed by atoms with Crippen molar-refractivity contribution in [2.75, 3.05) is 26.2 Å². The van der Waals surface area contributed by atoms with Gasteiger partial charge in [0.2, 0.25) is 5.91 Å². The molecule has 0 radical (unpaired) electrons. The van der Waals surface area contributed by atoms with E-state index in [2.05, 4.69) is 33.8 Å². The molecular formula is C28H38N2O3. The van der Waals surface area contributed by atoms with E-state index in [1.54, 1.807) is 0 Å². The molecule has 0 bridgehead atoms. The van der Waals surface area contributed by atoms with Gasteiger partial charge in [-0.15, -0.1) is 0 Å². The highest BCUT2D eigenvalue weighted by molar-refractivity contribution is 5.79. The molecule has 1 aromatic carbocycles. The van der Waals surface area contributed by atoms with Crippen LogP contribution in [0.25, 0.3) is 0 Å². The third-order valence-corrected chi connectivity index (χ3v) is 8.55. The summed E-state index contributed by atoms with van der Waals surface area (Å²) in [6.45, 7) is 2.78. The quantitative estimate of drug-likeness (QED) is 0.694. The van der Waals surface area contributed by atoms with Gasteiger partial charge in [0.25, 0.3) is 0 Å². The molecule has 3 atom stereocenters. The summed E-state index contributed by atoms with van der Waals surface area (Å²) in [5.41, 5.74) is 1.32. The fraction of sp³-hybridized carbons (Fsp3) is 0.679. The highest BCUT2D eigenvalue weighted by atomic mass is 16.3. The van der Waals surface area contributed by atoms with Gasteiger partial charge in [0.15, 0.2) is 0 Å². The van der Waals surface area contributed by atoms with Crippen LogP contribution in [0.2, 0.25) is 0 Å². The van der Waals surface area contributed by atoms with Gasteiger partial charge in [-0.1, -0.05) is 36.8 Å². The number of carbonyl (C=O) groups is 1. The molecule has 2 aliphatic heterocycles. The van der Waals surface area contributed by atoms with E-state index in [4.69, 9.17) is 0 Å². The number of benzene rings is 1. The molecule has 0 unspecified atom stereocenters. The summed E-state index contributed by atoms with van der Waals surface area (Å²) >= 11 is 0. The molecule has 0 aromatic heterocycles. The van der Waals surface area contributed by atoms with Crippen LogP contribution < -0.4 is 0 Å². The summed E-state index contributed by atoms with van der Waals surface area (Å²) < 4.78 is 0. The van der Waals surface area contributed by atoms with Crippen LogP contribution in [0.15, 0.2) is 24.3 Å². The summed E-state index contributed by atoms with van der Waals surface area (Å²) in [4.78, 5) is 17.8. The first-order chi connectivity index (χ1) is 16.1. The lowest BCUT2D eigenvalue weighted by atomic mass is 9.74. The molecule has 5 heteroatoms. The van der Waals surface area contributed by atoms with Crippen LogP contribution in [0.4, 0.5) is 0 Å². The molecule has 178 valence electrons. The van der Waals surface area contributed by atoms with Gasteiger partial charge in [0, 0.05) is 42.6 Å². The molecule has 33 heavy (non-hydrogen) atoms. The van der Waals surface area contributed by atoms with Gasteiger partial charge in [0.1, 0.15) is 5.60 Å². The van der Waals surface area contributed by atoms with Crippen molar-refractivity contribution in [2.24, 2.45) is 5.92 Å². The minimum atomic E-state index is -0.816. The van der Waals surface area contributed by atoms with Gasteiger partial charge in [-0.2, -0.15) is 0 Å². The summed E-state index contributed by atoms with van der Waals surface area (Å²) in [6, 6.07) is 8.74. The smallest absolute Gasteiger partial charge is 0.225 e. The Labute approximate surface area is 198 Å². The number of nitrogens with zero attached hydrogens (tertiary/aromatic N) is 2. The van der Waals surface area contributed by atoms with Crippen LogP contribution in [-0.4, -0.2) is 69.8 Å². The number of rotatable bonds is 3. The van der Waals surface area contributed by atoms with E-state index in [1.165, 1.54) is 18.4 Å². The lowest BCUT2D eigenvalue weighted by Gasteiger charge is -2.57. The average Bonchev–Trinajstić information content (AvgIpc) is 3.50. The maximum atomic E-state index is 13.2. The highest BCUT2D eigenvalue weighted by Crippen LogP contribution is 2.42. The number of hydrogen-bond acceptors (Lipinski definition) is 4. The zero-order chi connectivity index (χ0) is 22.8. The van der Waals surface area contributed by atoms with Crippen molar-refractivity contribution in [1.82, 2.24) is 9.80 Å². The fourth-order valence-corrected chi connectivity index (χ4v) is 6.63. The summed E-state index contributed by atoms with van der Waals surface area (Å²) in [6.07, 6.45) is 10.2. The van der Waals surface area contributed by atoms with Gasteiger partial charge in [-0.05, 0) is 75.6 Å². The van der Waals surface area contributed by atoms with E-state index < -0.39 is 5.60 Å². The maximum absolute atomic E-state index is 13.2. The Balaban J connectivity index is 1.32. The minimum absolute atomic E-state index is 0.118. The molecular weight excluding hydrogens is 412 g/mol. The normalized spacial score (nSPS) is 30.0. The largest absolute Gasteiger partial charge is 0.395 e. The average molecular weight is 451 g/mol. The Morgan fingerprint density at radius 3 is 2.39 bits per heavy atom. The van der Waals surface area contributed by atoms with Crippen molar-refractivity contribution < 1.29 is 15.0 Å². The molecule has 2 saturated carbocycles. The van der Waals surface area contributed by atoms with E-state index in [0.717, 1.165) is 76.6 Å². The Morgan fingerprint density at radius 1 is 1.00 bits per heavy atom. The van der Waals surface area contributed by atoms with Crippen LogP contribution in [-0.2, 0) is 4.79 Å². The van der Waals surface area contributed by atoms with E-state index in [-0.39, 0.29) is 30.5 Å². The number of carbonyl (C=O) groups excluding carboxylic acids is 1. The molecule has 2 N–H and O–H groups in total. The van der Waals surface area contributed by atoms with E-state index in [9.17, 15) is 15.0 Å². The number of aliphatic hydroxyl groups excluding tert-OH is 1. The van der Waals surface area contributed by atoms with Crippen molar-refractivity contribution in [2.45, 2.75) is 87.8 Å². The molecule has 4 aliphatic rings. The molecule has 5 nitrogen and oxygen atoms in total. The zero-order valence-corrected chi connectivity index (χ0v) is 19.7. The SMILES string of the molecule is O=C(C1CCCC1)N1CCCCN2[C@H](CO)[C@H](c3ccc(C#CC4(O)CCCC4)cc3)[C@H]2C1. The highest BCUT2D eigenvalue weighted by Gasteiger charge is 2.49. The van der Waals surface area contributed by atoms with Crippen molar-refractivity contribution in [3.63, 3.8) is 0 Å². The molecule has 2 heterocycles. The van der Waals surface area contributed by atoms with Crippen molar-refractivity contribution in [1.29, 1.82) is 0 Å². The number of hydrogen-bond donors (Lipinski definition) is 2. The molecule has 5 rings (SSSR count). The standard InChI is InChI=1S/C28H38N2O3/c31-20-25-26(22-11-9-21(10-12-22)13-16-28(33)14-3-4-15-28)24-19-29(17-5-6-18-30(24)25)27(32)23-7-1-2-8-23/h9-12,23-26,31,33H,1-8,14-15,17-20H2/t24-,25-,26-/m1/s1. The Bertz CT molecular complexity index is 890. The molecule has 4 fully saturated rings. The van der Waals surface area contributed by atoms with E-state index in [1.807, 2.05) is 12.1 Å². The van der Waals surface area contributed by atoms with E-state index in [0.29, 0.717) is 5.91 Å². The second-order valence-corrected chi connectivity index (χ2v) is 10.7. The van der Waals surface area contributed by atoms with Crippen LogP contribution in [0.3, 0.4) is 0 Å². The van der Waals surface area contributed by atoms with Crippen molar-refractivity contribution in [3.8, 4) is 11.8 Å². The monoisotopic (exact) mass is 450 g/mol. The first kappa shape index (κ1) is 22.9. The third kappa shape index (κ3) is 4.71. The number of amides is 1. The van der Waals surface area contributed by atoms with Crippen molar-refractivity contribution in [3.05, 3.63) is 35.4 Å². The van der Waals surface area contributed by atoms with Crippen LogP contribution in [0.5, 0.6) is 0 Å². The van der Waals surface area contributed by atoms with Crippen molar-refractivity contribution >= 4 is 5.91 Å². The van der Waals surface area contributed by atoms with E-state index >= 15 is 0 Å². The predicted molar refractivity (Wildman–Crippen MR) is 129 cm³/mol. The molecule has 0 spiro atoms. The number of fused-ring (bicyclic) bond motifs is 1. The molecule has 2 aliphatic carbocycles. The molecule has 2 saturated heterocycles. The number of aliphatic hydroxyl groups is 2. The van der Waals surface area contributed by atoms with Gasteiger partial charge >= 0.3 is 0 Å². The van der Waals surface area contributed by atoms with Crippen LogP contribution in [0, 0.1) is 17.8 Å². The van der Waals surface area contributed by atoms with Gasteiger partial charge in [-0.25, -0.2) is 0 Å². The van der Waals surface area contributed by atoms with Crippen LogP contribution >= 0.6 is 0 Å². The first-order valence-corrected chi connectivity index (χ1v) is 13.1. The van der Waals surface area contributed by atoms with Gasteiger partial charge < -0.3 is 15.1 Å². The fourth-order valence-electron chi connectivity index (χ4n) is 6.63. The minimum Gasteiger partial charge on any atom is -0.395 e. The lowest BCUT2D eigenvalue weighted by Crippen LogP contribution is -2.68. The Hall–Kier alpha value is -1.87. The maximum Gasteiger partial charge on any atom is 0.225 e. The van der Waals surface area contributed by atoms with Gasteiger partial charge in [-0.3, -0.25) is 9.69 Å². The first-order valence-electron chi connectivity index (χ1n) is 13.1. The zero-order valence-electron chi connectivity index (χ0n) is 19.7. The second kappa shape index (κ2) is 9.78. The topological polar surface area (TPSA) is 64.0 Å². The Kier molecular flexibility index (Phi) is 6.79. The summed E-state index contributed by atoms with van der Waals surface area (Å²) in [5, 5.41) is 20.7. The predicted octanol–water partition coefficient (Wildman–Crippen LogP) is 3.28. The summed E-state index contributed by atoms with van der Waals surface area (Å²) in [7, 11) is 0.